The van der Waals surface area contributed by atoms with Crippen LogP contribution in [0.25, 0.3) is 0 Å². The summed E-state index contributed by atoms with van der Waals surface area (Å²) in [5.41, 5.74) is -0.323. The van der Waals surface area contributed by atoms with E-state index in [0.29, 0.717) is 16.5 Å². The highest BCUT2D eigenvalue weighted by Crippen LogP contribution is 2.31. The van der Waals surface area contributed by atoms with E-state index in [0.717, 1.165) is 0 Å². The standard InChI is InChI=1S/C13H15ClN2O3/c1-13(2)12(18)16(7-11(17)15-13)8-4-5-9(14)10(6-8)19-3/h4-6H,7H2,1-3H3,(H,15,17). The number of benzene rings is 1. The molecule has 0 atom stereocenters. The van der Waals surface area contributed by atoms with E-state index >= 15 is 0 Å². The van der Waals surface area contributed by atoms with E-state index in [1.807, 2.05) is 0 Å². The number of methoxy groups -OCH3 is 1. The SMILES string of the molecule is COc1cc(N2CC(=O)NC(C)(C)C2=O)ccc1Cl. The number of halogens is 1. The Bertz CT molecular complexity index is 543. The lowest BCUT2D eigenvalue weighted by Gasteiger charge is -2.37. The van der Waals surface area contributed by atoms with Gasteiger partial charge in [0.1, 0.15) is 17.8 Å². The van der Waals surface area contributed by atoms with Crippen molar-refractivity contribution in [2.45, 2.75) is 19.4 Å². The van der Waals surface area contributed by atoms with Crippen LogP contribution in [0.2, 0.25) is 5.02 Å². The van der Waals surface area contributed by atoms with Crippen molar-refractivity contribution in [1.82, 2.24) is 5.32 Å². The summed E-state index contributed by atoms with van der Waals surface area (Å²) >= 11 is 5.95. The van der Waals surface area contributed by atoms with Crippen LogP contribution < -0.4 is 15.0 Å². The molecule has 0 saturated carbocycles. The summed E-state index contributed by atoms with van der Waals surface area (Å²) in [5.74, 6) is 0.103. The molecular formula is C13H15ClN2O3. The van der Waals surface area contributed by atoms with Gasteiger partial charge in [-0.1, -0.05) is 11.6 Å². The van der Waals surface area contributed by atoms with Crippen LogP contribution in [-0.2, 0) is 9.59 Å². The molecule has 0 radical (unpaired) electrons. The maximum Gasteiger partial charge on any atom is 0.252 e. The summed E-state index contributed by atoms with van der Waals surface area (Å²) in [4.78, 5) is 25.4. The van der Waals surface area contributed by atoms with E-state index in [-0.39, 0.29) is 18.4 Å². The summed E-state index contributed by atoms with van der Waals surface area (Å²) in [6.07, 6.45) is 0. The van der Waals surface area contributed by atoms with Crippen LogP contribution >= 0.6 is 11.6 Å². The van der Waals surface area contributed by atoms with Crippen LogP contribution in [0, 0.1) is 0 Å². The van der Waals surface area contributed by atoms with E-state index in [2.05, 4.69) is 5.32 Å². The fourth-order valence-corrected chi connectivity index (χ4v) is 2.21. The summed E-state index contributed by atoms with van der Waals surface area (Å²) in [6.45, 7) is 3.34. The highest BCUT2D eigenvalue weighted by atomic mass is 35.5. The van der Waals surface area contributed by atoms with Gasteiger partial charge in [-0.25, -0.2) is 0 Å². The number of rotatable bonds is 2. The van der Waals surface area contributed by atoms with Crippen molar-refractivity contribution < 1.29 is 14.3 Å². The molecule has 1 fully saturated rings. The van der Waals surface area contributed by atoms with Crippen LogP contribution in [0.5, 0.6) is 5.75 Å². The normalized spacial score (nSPS) is 18.2. The van der Waals surface area contributed by atoms with Crippen molar-refractivity contribution in [3.05, 3.63) is 23.2 Å². The molecule has 2 rings (SSSR count). The number of hydrogen-bond acceptors (Lipinski definition) is 3. The Balaban J connectivity index is 2.40. The quantitative estimate of drug-likeness (QED) is 0.896. The summed E-state index contributed by atoms with van der Waals surface area (Å²) in [7, 11) is 1.50. The number of carbonyl (C=O) groups excluding carboxylic acids is 2. The van der Waals surface area contributed by atoms with E-state index in [1.54, 1.807) is 32.0 Å². The van der Waals surface area contributed by atoms with E-state index in [1.165, 1.54) is 12.0 Å². The van der Waals surface area contributed by atoms with Gasteiger partial charge < -0.3 is 15.0 Å². The Kier molecular flexibility index (Phi) is 3.41. The molecule has 1 saturated heterocycles. The predicted octanol–water partition coefficient (Wildman–Crippen LogP) is 1.59. The minimum atomic E-state index is -0.914. The fraction of sp³-hybridized carbons (Fsp3) is 0.385. The molecule has 1 aromatic rings. The third kappa shape index (κ3) is 2.51. The minimum absolute atomic E-state index is 0.00689. The first-order chi connectivity index (χ1) is 8.85. The number of anilines is 1. The zero-order valence-electron chi connectivity index (χ0n) is 11.0. The topological polar surface area (TPSA) is 58.6 Å². The van der Waals surface area contributed by atoms with Gasteiger partial charge in [0.05, 0.1) is 12.1 Å². The lowest BCUT2D eigenvalue weighted by Crippen LogP contribution is -2.64. The summed E-state index contributed by atoms with van der Waals surface area (Å²) < 4.78 is 5.12. The minimum Gasteiger partial charge on any atom is -0.495 e. The average molecular weight is 283 g/mol. The highest BCUT2D eigenvalue weighted by molar-refractivity contribution is 6.32. The molecule has 1 N–H and O–H groups in total. The molecule has 0 spiro atoms. The first-order valence-corrected chi connectivity index (χ1v) is 6.19. The largest absolute Gasteiger partial charge is 0.495 e. The molecule has 1 aliphatic rings. The zero-order valence-corrected chi connectivity index (χ0v) is 11.7. The molecule has 0 unspecified atom stereocenters. The average Bonchev–Trinajstić information content (AvgIpc) is 2.34. The van der Waals surface area contributed by atoms with E-state index < -0.39 is 5.54 Å². The van der Waals surface area contributed by atoms with Crippen molar-refractivity contribution in [3.8, 4) is 5.75 Å². The third-order valence-electron chi connectivity index (χ3n) is 2.98. The van der Waals surface area contributed by atoms with E-state index in [4.69, 9.17) is 16.3 Å². The highest BCUT2D eigenvalue weighted by Gasteiger charge is 2.39. The van der Waals surface area contributed by atoms with Gasteiger partial charge >= 0.3 is 0 Å². The molecule has 1 heterocycles. The van der Waals surface area contributed by atoms with Crippen molar-refractivity contribution in [2.75, 3.05) is 18.6 Å². The van der Waals surface area contributed by atoms with Crippen LogP contribution in [0.1, 0.15) is 13.8 Å². The Labute approximate surface area is 116 Å². The number of ether oxygens (including phenoxy) is 1. The van der Waals surface area contributed by atoms with Gasteiger partial charge in [0.15, 0.2) is 0 Å². The second kappa shape index (κ2) is 4.74. The van der Waals surface area contributed by atoms with Crippen molar-refractivity contribution in [3.63, 3.8) is 0 Å². The first-order valence-electron chi connectivity index (χ1n) is 5.81. The summed E-state index contributed by atoms with van der Waals surface area (Å²) in [5, 5.41) is 3.12. The molecule has 19 heavy (non-hydrogen) atoms. The first kappa shape index (κ1) is 13.7. The number of piperazine rings is 1. The molecule has 2 amide bonds. The smallest absolute Gasteiger partial charge is 0.252 e. The monoisotopic (exact) mass is 282 g/mol. The van der Waals surface area contributed by atoms with Gasteiger partial charge in [0.2, 0.25) is 5.91 Å². The number of hydrogen-bond donors (Lipinski definition) is 1. The molecule has 6 heteroatoms. The molecule has 1 aliphatic heterocycles. The van der Waals surface area contributed by atoms with Crippen molar-refractivity contribution in [2.24, 2.45) is 0 Å². The Morgan fingerprint density at radius 3 is 2.68 bits per heavy atom. The van der Waals surface area contributed by atoms with Gasteiger partial charge in [-0.2, -0.15) is 0 Å². The van der Waals surface area contributed by atoms with E-state index in [9.17, 15) is 9.59 Å². The lowest BCUT2D eigenvalue weighted by atomic mass is 10.00. The molecular weight excluding hydrogens is 268 g/mol. The van der Waals surface area contributed by atoms with Crippen molar-refractivity contribution >= 4 is 29.1 Å². The number of nitrogens with zero attached hydrogens (tertiary/aromatic N) is 1. The Morgan fingerprint density at radius 2 is 2.05 bits per heavy atom. The maximum atomic E-state index is 12.3. The second-order valence-electron chi connectivity index (χ2n) is 4.88. The lowest BCUT2D eigenvalue weighted by molar-refractivity contribution is -0.134. The number of amides is 2. The molecule has 0 aliphatic carbocycles. The molecule has 0 bridgehead atoms. The summed E-state index contributed by atoms with van der Waals surface area (Å²) in [6, 6.07) is 4.98. The Hall–Kier alpha value is -1.75. The second-order valence-corrected chi connectivity index (χ2v) is 5.29. The fourth-order valence-electron chi connectivity index (χ4n) is 2.02. The van der Waals surface area contributed by atoms with Crippen LogP contribution in [0.4, 0.5) is 5.69 Å². The maximum absolute atomic E-state index is 12.3. The predicted molar refractivity (Wildman–Crippen MR) is 72.6 cm³/mol. The molecule has 0 aromatic heterocycles. The van der Waals surface area contributed by atoms with Gasteiger partial charge in [-0.05, 0) is 26.0 Å². The van der Waals surface area contributed by atoms with Gasteiger partial charge in [0, 0.05) is 11.8 Å². The van der Waals surface area contributed by atoms with Crippen molar-refractivity contribution in [1.29, 1.82) is 0 Å². The van der Waals surface area contributed by atoms with Crippen LogP contribution in [0.3, 0.4) is 0 Å². The van der Waals surface area contributed by atoms with Gasteiger partial charge in [0.25, 0.3) is 5.91 Å². The Morgan fingerprint density at radius 1 is 1.37 bits per heavy atom. The van der Waals surface area contributed by atoms with Gasteiger partial charge in [-0.15, -0.1) is 0 Å². The zero-order chi connectivity index (χ0) is 14.2. The van der Waals surface area contributed by atoms with Crippen LogP contribution in [0.15, 0.2) is 18.2 Å². The molecule has 102 valence electrons. The van der Waals surface area contributed by atoms with Gasteiger partial charge in [-0.3, -0.25) is 9.59 Å². The molecule has 5 nitrogen and oxygen atoms in total. The van der Waals surface area contributed by atoms with Crippen LogP contribution in [-0.4, -0.2) is 31.0 Å². The number of nitrogens with one attached hydrogen (secondary N) is 1. The third-order valence-corrected chi connectivity index (χ3v) is 3.29. The molecule has 1 aromatic carbocycles. The number of carbonyl (C=O) groups is 2.